The van der Waals surface area contributed by atoms with E-state index >= 15 is 0 Å². The number of rotatable bonds is 8. The molecule has 0 atom stereocenters. The van der Waals surface area contributed by atoms with Crippen LogP contribution in [-0.4, -0.2) is 46.1 Å². The van der Waals surface area contributed by atoms with Crippen molar-refractivity contribution in [1.82, 2.24) is 0 Å². The quantitative estimate of drug-likeness (QED) is 0.249. The SMILES string of the molecule is [CH2-]CCC.[CH2-]CCC.[CH2-]CCC.[CH2-]CCCCCCC.[Mg+2].[Mg+2]. The molecule has 0 spiro atoms. The smallest absolute Gasteiger partial charge is 0.343 e. The van der Waals surface area contributed by atoms with Crippen molar-refractivity contribution < 1.29 is 0 Å². The summed E-state index contributed by atoms with van der Waals surface area (Å²) in [6.07, 6.45) is 14.8. The molecule has 0 radical (unpaired) electrons. The Bertz CT molecular complexity index is 74.2. The van der Waals surface area contributed by atoms with Gasteiger partial charge in [-0.2, -0.15) is 25.7 Å². The zero-order chi connectivity index (χ0) is 16.5. The molecule has 0 aromatic heterocycles. The first kappa shape index (κ1) is 38.9. The second kappa shape index (κ2) is 57.0. The first-order valence-electron chi connectivity index (χ1n) is 8.83. The van der Waals surface area contributed by atoms with Gasteiger partial charge >= 0.3 is 46.1 Å². The maximum atomic E-state index is 3.78. The van der Waals surface area contributed by atoms with Crippen molar-refractivity contribution in [1.29, 1.82) is 0 Å². The molecule has 2 heteroatoms. The summed E-state index contributed by atoms with van der Waals surface area (Å²) in [6, 6.07) is 0. The van der Waals surface area contributed by atoms with Gasteiger partial charge in [0.15, 0.2) is 0 Å². The molecular weight excluding hydrogens is 289 g/mol. The molecule has 0 saturated carbocycles. The Morgan fingerprint density at radius 2 is 0.682 bits per heavy atom. The van der Waals surface area contributed by atoms with Crippen molar-refractivity contribution in [2.75, 3.05) is 0 Å². The van der Waals surface area contributed by atoms with Crippen molar-refractivity contribution in [3.8, 4) is 0 Å². The summed E-state index contributed by atoms with van der Waals surface area (Å²) in [5.74, 6) is 0. The van der Waals surface area contributed by atoms with E-state index in [0.717, 1.165) is 25.7 Å². The number of hydrogen-bond acceptors (Lipinski definition) is 0. The van der Waals surface area contributed by atoms with E-state index in [9.17, 15) is 0 Å². The van der Waals surface area contributed by atoms with E-state index in [-0.39, 0.29) is 46.1 Å². The minimum Gasteiger partial charge on any atom is -0.343 e. The Kier molecular flexibility index (Phi) is 101. The van der Waals surface area contributed by atoms with Gasteiger partial charge in [0.25, 0.3) is 0 Å². The van der Waals surface area contributed by atoms with E-state index in [1.165, 1.54) is 51.4 Å². The van der Waals surface area contributed by atoms with Gasteiger partial charge in [0.05, 0.1) is 0 Å². The van der Waals surface area contributed by atoms with Crippen LogP contribution in [0.15, 0.2) is 0 Å². The molecule has 0 rings (SSSR count). The summed E-state index contributed by atoms with van der Waals surface area (Å²) >= 11 is 0. The molecule has 0 bridgehead atoms. The van der Waals surface area contributed by atoms with Gasteiger partial charge < -0.3 is 27.7 Å². The average molecular weight is 333 g/mol. The van der Waals surface area contributed by atoms with Gasteiger partial charge in [0.2, 0.25) is 0 Å². The third-order valence-electron chi connectivity index (χ3n) is 2.41. The zero-order valence-corrected chi connectivity index (χ0v) is 19.6. The predicted molar refractivity (Wildman–Crippen MR) is 111 cm³/mol. The van der Waals surface area contributed by atoms with Gasteiger partial charge in [-0.15, -0.1) is 0 Å². The Hall–Kier alpha value is 1.53. The van der Waals surface area contributed by atoms with E-state index < -0.39 is 0 Å². The Morgan fingerprint density at radius 3 is 0.864 bits per heavy atom. The van der Waals surface area contributed by atoms with Crippen LogP contribution in [0, 0.1) is 27.7 Å². The molecule has 0 aromatic carbocycles. The van der Waals surface area contributed by atoms with Crippen LogP contribution in [0.25, 0.3) is 0 Å². The molecule has 0 N–H and O–H groups in total. The topological polar surface area (TPSA) is 0 Å². The fraction of sp³-hybridized carbons (Fsp3) is 0.800. The van der Waals surface area contributed by atoms with Crippen molar-refractivity contribution >= 4 is 46.1 Å². The minimum atomic E-state index is 0. The number of unbranched alkanes of at least 4 members (excludes halogenated alkanes) is 8. The Morgan fingerprint density at radius 1 is 0.409 bits per heavy atom. The number of hydrogen-bond donors (Lipinski definition) is 0. The van der Waals surface area contributed by atoms with Gasteiger partial charge in [-0.3, -0.25) is 0 Å². The third kappa shape index (κ3) is 99.9. The van der Waals surface area contributed by atoms with Crippen molar-refractivity contribution in [2.24, 2.45) is 0 Å². The van der Waals surface area contributed by atoms with Crippen LogP contribution >= 0.6 is 0 Å². The largest absolute Gasteiger partial charge is 2.00 e. The molecule has 0 heterocycles. The molecule has 0 nitrogen and oxygen atoms in total. The van der Waals surface area contributed by atoms with Crippen LogP contribution in [0.3, 0.4) is 0 Å². The monoisotopic (exact) mass is 332 g/mol. The summed E-state index contributed by atoms with van der Waals surface area (Å²) < 4.78 is 0. The summed E-state index contributed by atoms with van der Waals surface area (Å²) in [6.45, 7) is 23.2. The van der Waals surface area contributed by atoms with Gasteiger partial charge in [-0.25, -0.2) is 0 Å². The van der Waals surface area contributed by atoms with E-state index in [0.29, 0.717) is 0 Å². The van der Waals surface area contributed by atoms with E-state index in [1.807, 2.05) is 0 Å². The van der Waals surface area contributed by atoms with Crippen LogP contribution in [0.2, 0.25) is 0 Å². The van der Waals surface area contributed by atoms with Gasteiger partial charge in [-0.1, -0.05) is 79.1 Å². The Balaban J connectivity index is -0.0000000400. The summed E-state index contributed by atoms with van der Waals surface area (Å²) in [4.78, 5) is 0. The molecule has 0 unspecified atom stereocenters. The first-order valence-corrected chi connectivity index (χ1v) is 8.83. The summed E-state index contributed by atoms with van der Waals surface area (Å²) in [7, 11) is 0. The standard InChI is InChI=1S/C8H17.3C4H9.2Mg/c1-3-5-7-8-6-4-2;3*1-3-4-2;;/h1,3-8H2,2H3;3*1,3-4H2,2H3;;/q4*-1;2*+2. The third-order valence-corrected chi connectivity index (χ3v) is 2.41. The molecule has 128 valence electrons. The molecule has 22 heavy (non-hydrogen) atoms. The second-order valence-electron chi connectivity index (χ2n) is 4.83. The second-order valence-corrected chi connectivity index (χ2v) is 4.83. The molecule has 0 aliphatic carbocycles. The van der Waals surface area contributed by atoms with Crippen molar-refractivity contribution in [3.05, 3.63) is 27.7 Å². The summed E-state index contributed by atoms with van der Waals surface area (Å²) in [5.41, 5.74) is 0. The van der Waals surface area contributed by atoms with E-state index in [4.69, 9.17) is 0 Å². The molecule has 0 aliphatic heterocycles. The average Bonchev–Trinajstić information content (AvgIpc) is 2.52. The van der Waals surface area contributed by atoms with E-state index in [2.05, 4.69) is 55.4 Å². The van der Waals surface area contributed by atoms with E-state index in [1.54, 1.807) is 0 Å². The van der Waals surface area contributed by atoms with Gasteiger partial charge in [0, 0.05) is 0 Å². The molecule has 0 aromatic rings. The minimum absolute atomic E-state index is 0. The van der Waals surface area contributed by atoms with Crippen molar-refractivity contribution in [2.45, 2.75) is 105 Å². The Labute approximate surface area is 177 Å². The fourth-order valence-electron chi connectivity index (χ4n) is 0.780. The predicted octanol–water partition coefficient (Wildman–Crippen LogP) is 7.28. The molecule has 0 fully saturated rings. The van der Waals surface area contributed by atoms with Crippen LogP contribution in [0.4, 0.5) is 0 Å². The molecule has 0 saturated heterocycles. The maximum absolute atomic E-state index is 3.78. The van der Waals surface area contributed by atoms with Gasteiger partial charge in [-0.05, 0) is 0 Å². The van der Waals surface area contributed by atoms with Crippen LogP contribution in [0.1, 0.15) is 105 Å². The maximum Gasteiger partial charge on any atom is 2.00 e. The fourth-order valence-corrected chi connectivity index (χ4v) is 0.780. The summed E-state index contributed by atoms with van der Waals surface area (Å²) in [5, 5.41) is 0. The van der Waals surface area contributed by atoms with Gasteiger partial charge in [0.1, 0.15) is 0 Å². The van der Waals surface area contributed by atoms with Crippen molar-refractivity contribution in [3.63, 3.8) is 0 Å². The van der Waals surface area contributed by atoms with Crippen LogP contribution in [-0.2, 0) is 0 Å². The normalized spacial score (nSPS) is 7.64. The zero-order valence-electron chi connectivity index (χ0n) is 16.7. The first-order chi connectivity index (χ1) is 9.66. The molecule has 0 aliphatic rings. The van der Waals surface area contributed by atoms with Crippen LogP contribution < -0.4 is 0 Å². The molecular formula is C20H44Mg2. The molecule has 0 amide bonds. The van der Waals surface area contributed by atoms with Crippen LogP contribution in [0.5, 0.6) is 0 Å².